The van der Waals surface area contributed by atoms with Crippen molar-refractivity contribution in [2.75, 3.05) is 14.1 Å². The molecule has 1 heterocycles. The van der Waals surface area contributed by atoms with Gasteiger partial charge in [-0.2, -0.15) is 10.7 Å². The molecular formula is C12H18N4O. The average molecular weight is 234 g/mol. The largest absolute Gasteiger partial charge is 0.302 e. The second kappa shape index (κ2) is 4.83. The number of benzene rings is 1. The molecule has 1 aliphatic rings. The van der Waals surface area contributed by atoms with E-state index in [1.165, 1.54) is 5.56 Å². The van der Waals surface area contributed by atoms with Crippen LogP contribution in [-0.2, 0) is 4.84 Å². The Morgan fingerprint density at radius 1 is 1.41 bits per heavy atom. The summed E-state index contributed by atoms with van der Waals surface area (Å²) in [4.78, 5) is 7.35. The third kappa shape index (κ3) is 2.82. The van der Waals surface area contributed by atoms with Crippen molar-refractivity contribution in [1.82, 2.24) is 10.5 Å². The molecule has 0 radical (unpaired) electrons. The van der Waals surface area contributed by atoms with Crippen LogP contribution in [0.5, 0.6) is 0 Å². The molecule has 2 unspecified atom stereocenters. The first-order chi connectivity index (χ1) is 8.11. The number of hydrogen-bond donors (Lipinski definition) is 2. The van der Waals surface area contributed by atoms with Crippen molar-refractivity contribution >= 4 is 6.21 Å². The summed E-state index contributed by atoms with van der Waals surface area (Å²) in [5.41, 5.74) is 8.88. The maximum Gasteiger partial charge on any atom is 0.185 e. The standard InChI is InChI=1S/C12H18N4O/c1-16(2)11(10-6-4-3-5-7-10)8-12(13)9-14-15-17-12/h3-7,9,11,15H,8,13H2,1-2H3. The molecule has 17 heavy (non-hydrogen) atoms. The maximum atomic E-state index is 6.07. The van der Waals surface area contributed by atoms with Crippen LogP contribution in [0.3, 0.4) is 0 Å². The highest BCUT2D eigenvalue weighted by molar-refractivity contribution is 5.68. The van der Waals surface area contributed by atoms with Crippen LogP contribution >= 0.6 is 0 Å². The van der Waals surface area contributed by atoms with Crippen LogP contribution in [0.25, 0.3) is 0 Å². The molecule has 0 saturated carbocycles. The van der Waals surface area contributed by atoms with E-state index in [0.29, 0.717) is 6.42 Å². The highest BCUT2D eigenvalue weighted by Crippen LogP contribution is 2.27. The summed E-state index contributed by atoms with van der Waals surface area (Å²) in [6.07, 6.45) is 2.24. The summed E-state index contributed by atoms with van der Waals surface area (Å²) in [5.74, 6) is 0. The van der Waals surface area contributed by atoms with Crippen LogP contribution in [-0.4, -0.2) is 30.9 Å². The summed E-state index contributed by atoms with van der Waals surface area (Å²) in [6.45, 7) is 0. The minimum Gasteiger partial charge on any atom is -0.302 e. The number of rotatable bonds is 4. The molecule has 1 aliphatic heterocycles. The van der Waals surface area contributed by atoms with E-state index in [1.54, 1.807) is 6.21 Å². The van der Waals surface area contributed by atoms with Gasteiger partial charge in [0.2, 0.25) is 0 Å². The van der Waals surface area contributed by atoms with Crippen molar-refractivity contribution < 1.29 is 4.84 Å². The van der Waals surface area contributed by atoms with E-state index in [4.69, 9.17) is 10.6 Å². The summed E-state index contributed by atoms with van der Waals surface area (Å²) < 4.78 is 0. The van der Waals surface area contributed by atoms with Crippen molar-refractivity contribution in [3.63, 3.8) is 0 Å². The van der Waals surface area contributed by atoms with Gasteiger partial charge in [-0.15, -0.1) is 0 Å². The predicted molar refractivity (Wildman–Crippen MR) is 67.1 cm³/mol. The Labute approximate surface area is 101 Å². The van der Waals surface area contributed by atoms with Crippen LogP contribution < -0.4 is 11.3 Å². The molecule has 1 aromatic carbocycles. The molecule has 1 aromatic rings. The molecule has 0 fully saturated rings. The lowest BCUT2D eigenvalue weighted by atomic mass is 9.97. The third-order valence-corrected chi connectivity index (χ3v) is 2.89. The molecule has 0 amide bonds. The van der Waals surface area contributed by atoms with Gasteiger partial charge in [0.05, 0.1) is 6.21 Å². The Bertz CT molecular complexity index is 393. The number of nitrogens with one attached hydrogen (secondary N) is 1. The predicted octanol–water partition coefficient (Wildman–Crippen LogP) is 0.855. The maximum absolute atomic E-state index is 6.07. The molecule has 3 N–H and O–H groups in total. The fourth-order valence-electron chi connectivity index (χ4n) is 1.94. The van der Waals surface area contributed by atoms with Crippen LogP contribution in [0.4, 0.5) is 0 Å². The minimum atomic E-state index is -0.842. The lowest BCUT2D eigenvalue weighted by molar-refractivity contribution is -0.0503. The first-order valence-electron chi connectivity index (χ1n) is 5.58. The molecule has 5 nitrogen and oxygen atoms in total. The van der Waals surface area contributed by atoms with Gasteiger partial charge in [-0.1, -0.05) is 30.3 Å². The Balaban J connectivity index is 2.16. The van der Waals surface area contributed by atoms with E-state index in [9.17, 15) is 0 Å². The van der Waals surface area contributed by atoms with E-state index in [1.807, 2.05) is 32.3 Å². The van der Waals surface area contributed by atoms with E-state index < -0.39 is 5.72 Å². The molecule has 5 heteroatoms. The highest BCUT2D eigenvalue weighted by atomic mass is 16.7. The van der Waals surface area contributed by atoms with Crippen molar-refractivity contribution in [3.8, 4) is 0 Å². The van der Waals surface area contributed by atoms with Crippen LogP contribution in [0.15, 0.2) is 35.4 Å². The number of hydrogen-bond acceptors (Lipinski definition) is 5. The number of hydrazone groups is 1. The van der Waals surface area contributed by atoms with Crippen LogP contribution in [0.2, 0.25) is 0 Å². The topological polar surface area (TPSA) is 62.9 Å². The van der Waals surface area contributed by atoms with Gasteiger partial charge < -0.3 is 4.90 Å². The second-order valence-electron chi connectivity index (χ2n) is 4.50. The first-order valence-corrected chi connectivity index (χ1v) is 5.58. The SMILES string of the molecule is CN(C)C(CC1(N)C=NNO1)c1ccccc1. The fourth-order valence-corrected chi connectivity index (χ4v) is 1.94. The molecular weight excluding hydrogens is 216 g/mol. The van der Waals surface area contributed by atoms with Crippen molar-refractivity contribution in [2.45, 2.75) is 18.2 Å². The van der Waals surface area contributed by atoms with Gasteiger partial charge in [0.25, 0.3) is 0 Å². The van der Waals surface area contributed by atoms with Gasteiger partial charge >= 0.3 is 0 Å². The number of nitrogens with zero attached hydrogens (tertiary/aromatic N) is 2. The first kappa shape index (κ1) is 12.0. The summed E-state index contributed by atoms with van der Waals surface area (Å²) in [5, 5.41) is 3.80. The van der Waals surface area contributed by atoms with Crippen LogP contribution in [0.1, 0.15) is 18.0 Å². The molecule has 0 spiro atoms. The zero-order valence-electron chi connectivity index (χ0n) is 10.1. The quantitative estimate of drug-likeness (QED) is 0.811. The molecule has 0 bridgehead atoms. The Kier molecular flexibility index (Phi) is 3.42. The van der Waals surface area contributed by atoms with Crippen molar-refractivity contribution in [3.05, 3.63) is 35.9 Å². The molecule has 2 atom stereocenters. The van der Waals surface area contributed by atoms with Gasteiger partial charge in [0, 0.05) is 12.5 Å². The second-order valence-corrected chi connectivity index (χ2v) is 4.50. The van der Waals surface area contributed by atoms with E-state index in [2.05, 4.69) is 27.7 Å². The molecule has 92 valence electrons. The Morgan fingerprint density at radius 2 is 2.12 bits per heavy atom. The van der Waals surface area contributed by atoms with Gasteiger partial charge in [0.1, 0.15) is 0 Å². The monoisotopic (exact) mass is 234 g/mol. The van der Waals surface area contributed by atoms with E-state index in [0.717, 1.165) is 0 Å². The Hall–Kier alpha value is -1.43. The van der Waals surface area contributed by atoms with Gasteiger partial charge in [-0.3, -0.25) is 5.73 Å². The normalized spacial score (nSPS) is 24.9. The number of nitrogens with two attached hydrogens (primary N) is 1. The molecule has 0 saturated heterocycles. The molecule has 0 aliphatic carbocycles. The lowest BCUT2D eigenvalue weighted by Gasteiger charge is -2.30. The average Bonchev–Trinajstić information content (AvgIpc) is 2.74. The fraction of sp³-hybridized carbons (Fsp3) is 0.417. The highest BCUT2D eigenvalue weighted by Gasteiger charge is 2.33. The van der Waals surface area contributed by atoms with Gasteiger partial charge in [-0.05, 0) is 19.7 Å². The summed E-state index contributed by atoms with van der Waals surface area (Å²) in [7, 11) is 4.06. The van der Waals surface area contributed by atoms with E-state index in [-0.39, 0.29) is 6.04 Å². The summed E-state index contributed by atoms with van der Waals surface area (Å²) >= 11 is 0. The lowest BCUT2D eigenvalue weighted by Crippen LogP contribution is -2.46. The van der Waals surface area contributed by atoms with E-state index >= 15 is 0 Å². The zero-order chi connectivity index (χ0) is 12.3. The van der Waals surface area contributed by atoms with Crippen molar-refractivity contribution in [2.24, 2.45) is 10.8 Å². The van der Waals surface area contributed by atoms with Crippen molar-refractivity contribution in [1.29, 1.82) is 0 Å². The summed E-state index contributed by atoms with van der Waals surface area (Å²) in [6, 6.07) is 10.4. The zero-order valence-corrected chi connectivity index (χ0v) is 10.1. The molecule has 2 rings (SSSR count). The smallest absolute Gasteiger partial charge is 0.185 e. The Morgan fingerprint density at radius 3 is 2.65 bits per heavy atom. The van der Waals surface area contributed by atoms with Crippen LogP contribution in [0, 0.1) is 0 Å². The third-order valence-electron chi connectivity index (χ3n) is 2.89. The minimum absolute atomic E-state index is 0.188. The van der Waals surface area contributed by atoms with Gasteiger partial charge in [0.15, 0.2) is 5.72 Å². The molecule has 0 aromatic heterocycles. The van der Waals surface area contributed by atoms with Gasteiger partial charge in [-0.25, -0.2) is 4.84 Å².